The number of rotatable bonds is 9. The van der Waals surface area contributed by atoms with Crippen LogP contribution in [0.25, 0.3) is 22.5 Å². The quantitative estimate of drug-likeness (QED) is 0.138. The van der Waals surface area contributed by atoms with Gasteiger partial charge < -0.3 is 19.1 Å². The number of ether oxygens (including phenoxy) is 3. The highest BCUT2D eigenvalue weighted by Gasteiger charge is 2.45. The molecule has 3 heterocycles. The minimum Gasteiger partial charge on any atom is -0.431 e. The largest absolute Gasteiger partial charge is 0.511 e. The molecular weight excluding hydrogens is 643 g/mol. The zero-order valence-corrected chi connectivity index (χ0v) is 28.2. The second-order valence-corrected chi connectivity index (χ2v) is 13.7. The fourth-order valence-corrected chi connectivity index (χ4v) is 8.18. The lowest BCUT2D eigenvalue weighted by atomic mass is 9.88. The second kappa shape index (κ2) is 14.3. The lowest BCUT2D eigenvalue weighted by Gasteiger charge is -2.40. The minimum atomic E-state index is -1.18. The van der Waals surface area contributed by atoms with Gasteiger partial charge in [-0.25, -0.2) is 9.59 Å². The van der Waals surface area contributed by atoms with Crippen LogP contribution in [0.4, 0.5) is 10.5 Å². The number of thioether (sulfide) groups is 1. The van der Waals surface area contributed by atoms with E-state index in [1.807, 2.05) is 36.4 Å². The Kier molecular flexibility index (Phi) is 9.47. The summed E-state index contributed by atoms with van der Waals surface area (Å²) in [6, 6.07) is 21.2. The number of allylic oxidation sites excluding steroid dienone is 1. The van der Waals surface area contributed by atoms with Crippen molar-refractivity contribution in [1.29, 1.82) is 0 Å². The van der Waals surface area contributed by atoms with Crippen molar-refractivity contribution in [1.82, 2.24) is 20.6 Å². The zero-order valence-electron chi connectivity index (χ0n) is 27.3. The first-order chi connectivity index (χ1) is 23.9. The van der Waals surface area contributed by atoms with E-state index in [0.29, 0.717) is 23.6 Å². The zero-order chi connectivity index (χ0) is 33.9. The van der Waals surface area contributed by atoms with Crippen molar-refractivity contribution in [2.45, 2.75) is 76.7 Å². The van der Waals surface area contributed by atoms with E-state index in [9.17, 15) is 14.4 Å². The van der Waals surface area contributed by atoms with Gasteiger partial charge in [0.2, 0.25) is 12.1 Å². The predicted octanol–water partition coefficient (Wildman–Crippen LogP) is 7.71. The third-order valence-electron chi connectivity index (χ3n) is 9.19. The lowest BCUT2D eigenvalue weighted by molar-refractivity contribution is -0.0914. The number of carbonyl (C=O) groups is 3. The number of ketones is 1. The van der Waals surface area contributed by atoms with Gasteiger partial charge in [-0.1, -0.05) is 74.0 Å². The molecule has 0 bridgehead atoms. The summed E-state index contributed by atoms with van der Waals surface area (Å²) in [6.07, 6.45) is 5.39. The first-order valence-electron chi connectivity index (χ1n) is 16.7. The van der Waals surface area contributed by atoms with Gasteiger partial charge in [0.05, 0.1) is 22.5 Å². The standard InChI is InChI=1S/C37H37N5O6S/c1-3-26-20-31-33(43)29-14-9-15-30(36(44)46-22(2)47-37(45)48-25-10-5-4-6-11-25)32(29)42(35(31)49-26)21-23-16-18-24(19-17-23)27-12-7-8-13-28(27)34-38-40-41-39-34/h7-9,12-20,22,25,31,35H,3-6,10-11,21H2,1-2H3,(H,38,39,40,41). The van der Waals surface area contributed by atoms with Crippen LogP contribution in [0, 0.1) is 5.92 Å². The van der Waals surface area contributed by atoms with Gasteiger partial charge in [0.1, 0.15) is 6.10 Å². The van der Waals surface area contributed by atoms with E-state index in [1.54, 1.807) is 30.0 Å². The van der Waals surface area contributed by atoms with Crippen LogP contribution in [0.15, 0.2) is 77.7 Å². The molecule has 11 nitrogen and oxygen atoms in total. The molecule has 0 amide bonds. The molecule has 3 aliphatic rings. The molecule has 1 aromatic heterocycles. The van der Waals surface area contributed by atoms with E-state index < -0.39 is 18.4 Å². The Labute approximate surface area is 288 Å². The number of benzene rings is 3. The third kappa shape index (κ3) is 6.82. The van der Waals surface area contributed by atoms with Crippen LogP contribution < -0.4 is 4.90 Å². The summed E-state index contributed by atoms with van der Waals surface area (Å²) in [6.45, 7) is 4.00. The van der Waals surface area contributed by atoms with Crippen LogP contribution in [0.3, 0.4) is 0 Å². The molecule has 0 saturated heterocycles. The Morgan fingerprint density at radius 3 is 2.45 bits per heavy atom. The number of hydrogen-bond acceptors (Lipinski definition) is 11. The Bertz CT molecular complexity index is 1870. The number of para-hydroxylation sites is 1. The molecule has 3 aromatic carbocycles. The summed E-state index contributed by atoms with van der Waals surface area (Å²) >= 11 is 1.65. The van der Waals surface area contributed by atoms with Crippen LogP contribution in [-0.4, -0.2) is 56.3 Å². The average Bonchev–Trinajstić information content (AvgIpc) is 3.82. The van der Waals surface area contributed by atoms with Crippen LogP contribution >= 0.6 is 11.8 Å². The highest BCUT2D eigenvalue weighted by molar-refractivity contribution is 8.04. The van der Waals surface area contributed by atoms with Crippen molar-refractivity contribution in [3.05, 3.63) is 94.4 Å². The molecule has 1 saturated carbocycles. The van der Waals surface area contributed by atoms with Crippen LogP contribution in [0.1, 0.15) is 78.7 Å². The van der Waals surface area contributed by atoms with E-state index in [0.717, 1.165) is 65.7 Å². The monoisotopic (exact) mass is 679 g/mol. The predicted molar refractivity (Wildman–Crippen MR) is 185 cm³/mol. The number of nitrogens with zero attached hydrogens (tertiary/aromatic N) is 4. The Morgan fingerprint density at radius 2 is 1.71 bits per heavy atom. The van der Waals surface area contributed by atoms with Crippen molar-refractivity contribution >= 4 is 35.4 Å². The normalized spacial score (nSPS) is 19.4. The fraction of sp³-hybridized carbons (Fsp3) is 0.351. The highest BCUT2D eigenvalue weighted by atomic mass is 32.2. The SMILES string of the molecule is CCC1=CC2C(=O)c3cccc(C(=O)OC(C)OC(=O)OC4CCCCC4)c3N(Cc3ccc(-c4ccccc4-c4nn[nH]n4)cc3)C2S1. The van der Waals surface area contributed by atoms with Gasteiger partial charge in [-0.05, 0) is 71.0 Å². The molecule has 7 rings (SSSR count). The van der Waals surface area contributed by atoms with Crippen molar-refractivity contribution < 1.29 is 28.6 Å². The number of hydrogen-bond donors (Lipinski definition) is 1. The van der Waals surface area contributed by atoms with Gasteiger partial charge in [-0.15, -0.1) is 22.0 Å². The summed E-state index contributed by atoms with van der Waals surface area (Å²) in [5, 5.41) is 14.3. The first kappa shape index (κ1) is 32.6. The molecule has 4 aromatic rings. The number of carbonyl (C=O) groups excluding carboxylic acids is 3. The topological polar surface area (TPSA) is 137 Å². The van der Waals surface area contributed by atoms with Crippen LogP contribution in [-0.2, 0) is 20.8 Å². The molecule has 3 unspecified atom stereocenters. The van der Waals surface area contributed by atoms with E-state index >= 15 is 0 Å². The number of esters is 1. The smallest absolute Gasteiger partial charge is 0.431 e. The molecule has 2 aliphatic heterocycles. The number of fused-ring (bicyclic) bond motifs is 2. The molecule has 1 aliphatic carbocycles. The molecule has 1 fully saturated rings. The van der Waals surface area contributed by atoms with Gasteiger partial charge in [-0.2, -0.15) is 5.21 Å². The molecule has 1 N–H and O–H groups in total. The molecule has 0 radical (unpaired) electrons. The number of aromatic amines is 1. The van der Waals surface area contributed by atoms with Gasteiger partial charge in [0.25, 0.3) is 0 Å². The summed E-state index contributed by atoms with van der Waals surface area (Å²) in [5.74, 6) is -0.559. The highest BCUT2D eigenvalue weighted by Crippen LogP contribution is 2.49. The maximum Gasteiger partial charge on any atom is 0.511 e. The van der Waals surface area contributed by atoms with Crippen molar-refractivity contribution in [3.8, 4) is 22.5 Å². The lowest BCUT2D eigenvalue weighted by Crippen LogP contribution is -2.44. The summed E-state index contributed by atoms with van der Waals surface area (Å²) in [4.78, 5) is 43.3. The molecule has 0 spiro atoms. The average molecular weight is 680 g/mol. The summed E-state index contributed by atoms with van der Waals surface area (Å²) < 4.78 is 16.4. The maximum atomic E-state index is 13.9. The van der Waals surface area contributed by atoms with Gasteiger partial charge in [0.15, 0.2) is 5.78 Å². The molecule has 49 heavy (non-hydrogen) atoms. The van der Waals surface area contributed by atoms with E-state index in [1.165, 1.54) is 6.92 Å². The maximum absolute atomic E-state index is 13.9. The number of nitrogens with one attached hydrogen (secondary N) is 1. The number of anilines is 1. The Balaban J connectivity index is 1.15. The number of tetrazole rings is 1. The third-order valence-corrected chi connectivity index (χ3v) is 10.7. The first-order valence-corrected chi connectivity index (χ1v) is 17.6. The fourth-order valence-electron chi connectivity index (χ4n) is 6.82. The Hall–Kier alpha value is -4.97. The van der Waals surface area contributed by atoms with E-state index in [4.69, 9.17) is 14.2 Å². The Morgan fingerprint density at radius 1 is 0.959 bits per heavy atom. The van der Waals surface area contributed by atoms with Crippen molar-refractivity contribution in [3.63, 3.8) is 0 Å². The number of Topliss-reactive ketones (excluding diaryl/α,β-unsaturated/α-hetero) is 1. The summed E-state index contributed by atoms with van der Waals surface area (Å²) in [5.41, 5.74) is 5.02. The molecular formula is C37H37N5O6S. The summed E-state index contributed by atoms with van der Waals surface area (Å²) in [7, 11) is 0. The van der Waals surface area contributed by atoms with Gasteiger partial charge in [-0.3, -0.25) is 4.79 Å². The number of aromatic nitrogens is 4. The number of H-pyrrole nitrogens is 1. The molecule has 12 heteroatoms. The van der Waals surface area contributed by atoms with Crippen LogP contribution in [0.5, 0.6) is 0 Å². The van der Waals surface area contributed by atoms with Crippen LogP contribution in [0.2, 0.25) is 0 Å². The van der Waals surface area contributed by atoms with Crippen molar-refractivity contribution in [2.24, 2.45) is 5.92 Å². The molecule has 252 valence electrons. The van der Waals surface area contributed by atoms with Gasteiger partial charge in [0, 0.05) is 24.6 Å². The van der Waals surface area contributed by atoms with Crippen molar-refractivity contribution in [2.75, 3.05) is 4.90 Å². The second-order valence-electron chi connectivity index (χ2n) is 12.4. The minimum absolute atomic E-state index is 0.0318. The molecule has 3 atom stereocenters. The van der Waals surface area contributed by atoms with Gasteiger partial charge >= 0.3 is 12.1 Å². The van der Waals surface area contributed by atoms with E-state index in [2.05, 4.69) is 50.7 Å². The van der Waals surface area contributed by atoms with E-state index in [-0.39, 0.29) is 28.7 Å².